The number of hydrogen-bond acceptors (Lipinski definition) is 3. The van der Waals surface area contributed by atoms with Gasteiger partial charge in [-0.1, -0.05) is 18.2 Å². The van der Waals surface area contributed by atoms with Gasteiger partial charge in [0.2, 0.25) is 10.0 Å². The van der Waals surface area contributed by atoms with E-state index in [-0.39, 0.29) is 6.54 Å². The third kappa shape index (κ3) is 4.79. The van der Waals surface area contributed by atoms with E-state index >= 15 is 0 Å². The third-order valence-corrected chi connectivity index (χ3v) is 5.40. The van der Waals surface area contributed by atoms with E-state index in [2.05, 4.69) is 4.72 Å². The van der Waals surface area contributed by atoms with E-state index in [0.717, 1.165) is 22.8 Å². The Morgan fingerprint density at radius 1 is 1.05 bits per heavy atom. The fourth-order valence-electron chi connectivity index (χ4n) is 1.76. The summed E-state index contributed by atoms with van der Waals surface area (Å²) in [6.45, 7) is 0.193. The number of thioether (sulfide) groups is 1. The molecule has 1 N–H and O–H groups in total. The molecule has 0 amide bonds. The summed E-state index contributed by atoms with van der Waals surface area (Å²) >= 11 is 1.61. The minimum absolute atomic E-state index is 0.193. The van der Waals surface area contributed by atoms with Gasteiger partial charge in [0.15, 0.2) is 0 Å². The molecule has 0 saturated heterocycles. The van der Waals surface area contributed by atoms with E-state index in [4.69, 9.17) is 0 Å². The largest absolute Gasteiger partial charge is 0.243 e. The normalized spacial score (nSPS) is 11.5. The Hall–Kier alpha value is -1.44. The van der Waals surface area contributed by atoms with Crippen molar-refractivity contribution < 1.29 is 17.2 Å². The summed E-state index contributed by atoms with van der Waals surface area (Å²) in [6, 6.07) is 12.1. The highest BCUT2D eigenvalue weighted by Crippen LogP contribution is 2.18. The third-order valence-electron chi connectivity index (χ3n) is 2.81. The van der Waals surface area contributed by atoms with E-state index in [1.165, 1.54) is 0 Å². The lowest BCUT2D eigenvalue weighted by atomic mass is 10.3. The van der Waals surface area contributed by atoms with Crippen molar-refractivity contribution >= 4 is 21.8 Å². The Balaban J connectivity index is 1.83. The van der Waals surface area contributed by atoms with Crippen LogP contribution >= 0.6 is 11.8 Å². The summed E-state index contributed by atoms with van der Waals surface area (Å²) in [4.78, 5) is 0.569. The van der Waals surface area contributed by atoms with Crippen LogP contribution in [0.15, 0.2) is 58.3 Å². The fraction of sp³-hybridized carbons (Fsp3) is 0.200. The Labute approximate surface area is 132 Å². The molecule has 2 aromatic rings. The number of benzene rings is 2. The molecule has 7 heteroatoms. The van der Waals surface area contributed by atoms with Crippen molar-refractivity contribution in [2.45, 2.75) is 16.2 Å². The Morgan fingerprint density at radius 2 is 1.77 bits per heavy atom. The lowest BCUT2D eigenvalue weighted by molar-refractivity contribution is 0.543. The molecule has 0 aromatic heterocycles. The molecule has 0 aliphatic heterocycles. The lowest BCUT2D eigenvalue weighted by Gasteiger charge is -2.07. The van der Waals surface area contributed by atoms with Gasteiger partial charge in [-0.05, 0) is 36.4 Å². The first-order valence-corrected chi connectivity index (χ1v) is 9.08. The smallest absolute Gasteiger partial charge is 0.211 e. The maximum atomic E-state index is 13.5. The van der Waals surface area contributed by atoms with Crippen LogP contribution in [0.4, 0.5) is 8.78 Å². The second-order valence-corrected chi connectivity index (χ2v) is 7.39. The molecule has 0 radical (unpaired) electrons. The molecule has 0 aliphatic rings. The zero-order chi connectivity index (χ0) is 16.0. The van der Waals surface area contributed by atoms with Crippen molar-refractivity contribution in [2.75, 3.05) is 12.3 Å². The molecule has 2 rings (SSSR count). The molecular weight excluding hydrogens is 328 g/mol. The van der Waals surface area contributed by atoms with Crippen molar-refractivity contribution in [2.24, 2.45) is 0 Å². The maximum Gasteiger partial charge on any atom is 0.243 e. The molecule has 0 atom stereocenters. The highest BCUT2D eigenvalue weighted by molar-refractivity contribution is 7.99. The molecule has 118 valence electrons. The first kappa shape index (κ1) is 16.9. The van der Waals surface area contributed by atoms with Crippen molar-refractivity contribution in [1.82, 2.24) is 4.72 Å². The van der Waals surface area contributed by atoms with E-state index < -0.39 is 26.6 Å². The molecule has 0 aliphatic carbocycles. The van der Waals surface area contributed by atoms with Gasteiger partial charge in [-0.25, -0.2) is 21.9 Å². The second kappa shape index (κ2) is 7.71. The molecule has 2 aromatic carbocycles. The molecule has 3 nitrogen and oxygen atoms in total. The average Bonchev–Trinajstić information content (AvgIpc) is 2.47. The van der Waals surface area contributed by atoms with Gasteiger partial charge in [0.1, 0.15) is 16.5 Å². The van der Waals surface area contributed by atoms with Gasteiger partial charge in [-0.3, -0.25) is 0 Å². The van der Waals surface area contributed by atoms with E-state index in [1.54, 1.807) is 11.8 Å². The van der Waals surface area contributed by atoms with Gasteiger partial charge >= 0.3 is 0 Å². The van der Waals surface area contributed by atoms with Crippen molar-refractivity contribution in [3.8, 4) is 0 Å². The van der Waals surface area contributed by atoms with Gasteiger partial charge in [0.25, 0.3) is 0 Å². The van der Waals surface area contributed by atoms with Crippen LogP contribution in [0.3, 0.4) is 0 Å². The molecular formula is C15H15F2NO2S2. The fourth-order valence-corrected chi connectivity index (χ4v) is 3.76. The summed E-state index contributed by atoms with van der Waals surface area (Å²) < 4.78 is 52.4. The zero-order valence-electron chi connectivity index (χ0n) is 11.6. The van der Waals surface area contributed by atoms with Gasteiger partial charge in [0.05, 0.1) is 0 Å². The average molecular weight is 343 g/mol. The first-order chi connectivity index (χ1) is 10.5. The molecule has 0 unspecified atom stereocenters. The summed E-state index contributed by atoms with van der Waals surface area (Å²) in [5.74, 6) is -1.17. The molecule has 0 heterocycles. The summed E-state index contributed by atoms with van der Waals surface area (Å²) in [5.41, 5.74) is 0. The highest BCUT2D eigenvalue weighted by atomic mass is 32.2. The van der Waals surface area contributed by atoms with Crippen LogP contribution in [-0.4, -0.2) is 20.7 Å². The summed E-state index contributed by atoms with van der Waals surface area (Å²) in [6.07, 6.45) is 0.599. The first-order valence-electron chi connectivity index (χ1n) is 6.61. The van der Waals surface area contributed by atoms with Crippen LogP contribution in [0.1, 0.15) is 6.42 Å². The van der Waals surface area contributed by atoms with Crippen LogP contribution in [-0.2, 0) is 10.0 Å². The number of sulfonamides is 1. The Bertz CT molecular complexity index is 722. The minimum atomic E-state index is -3.95. The number of hydrogen-bond donors (Lipinski definition) is 1. The van der Waals surface area contributed by atoms with Gasteiger partial charge in [-0.2, -0.15) is 0 Å². The number of nitrogens with one attached hydrogen (secondary N) is 1. The molecule has 0 fully saturated rings. The minimum Gasteiger partial charge on any atom is -0.211 e. The number of rotatable bonds is 7. The van der Waals surface area contributed by atoms with Crippen LogP contribution in [0, 0.1) is 11.6 Å². The predicted molar refractivity (Wildman–Crippen MR) is 83.3 cm³/mol. The summed E-state index contributed by atoms with van der Waals surface area (Å²) in [5, 5.41) is 0. The number of halogens is 2. The SMILES string of the molecule is O=S(=O)(NCCCSc1ccccc1)c1ccc(F)cc1F. The molecule has 22 heavy (non-hydrogen) atoms. The predicted octanol–water partition coefficient (Wildman–Crippen LogP) is 3.43. The summed E-state index contributed by atoms with van der Waals surface area (Å²) in [7, 11) is -3.95. The highest BCUT2D eigenvalue weighted by Gasteiger charge is 2.18. The van der Waals surface area contributed by atoms with Crippen molar-refractivity contribution in [3.63, 3.8) is 0 Å². The van der Waals surface area contributed by atoms with Gasteiger partial charge in [-0.15, -0.1) is 11.8 Å². The Morgan fingerprint density at radius 3 is 2.45 bits per heavy atom. The second-order valence-electron chi connectivity index (χ2n) is 4.49. The quantitative estimate of drug-likeness (QED) is 0.619. The van der Waals surface area contributed by atoms with Crippen molar-refractivity contribution in [3.05, 3.63) is 60.2 Å². The van der Waals surface area contributed by atoms with Crippen LogP contribution in [0.5, 0.6) is 0 Å². The molecule has 0 bridgehead atoms. The topological polar surface area (TPSA) is 46.2 Å². The Kier molecular flexibility index (Phi) is 5.93. The van der Waals surface area contributed by atoms with E-state index in [9.17, 15) is 17.2 Å². The molecule has 0 saturated carbocycles. The van der Waals surface area contributed by atoms with E-state index in [1.807, 2.05) is 30.3 Å². The van der Waals surface area contributed by atoms with Gasteiger partial charge < -0.3 is 0 Å². The maximum absolute atomic E-state index is 13.5. The van der Waals surface area contributed by atoms with E-state index in [0.29, 0.717) is 12.5 Å². The van der Waals surface area contributed by atoms with Crippen LogP contribution < -0.4 is 4.72 Å². The van der Waals surface area contributed by atoms with Crippen molar-refractivity contribution in [1.29, 1.82) is 0 Å². The zero-order valence-corrected chi connectivity index (χ0v) is 13.3. The van der Waals surface area contributed by atoms with Crippen LogP contribution in [0.25, 0.3) is 0 Å². The van der Waals surface area contributed by atoms with Crippen LogP contribution in [0.2, 0.25) is 0 Å². The standard InChI is InChI=1S/C15H15F2NO2S2/c16-12-7-8-15(14(17)11-12)22(19,20)18-9-4-10-21-13-5-2-1-3-6-13/h1-3,5-8,11,18H,4,9-10H2. The van der Waals surface area contributed by atoms with Gasteiger partial charge in [0, 0.05) is 17.5 Å². The lowest BCUT2D eigenvalue weighted by Crippen LogP contribution is -2.26. The molecule has 0 spiro atoms. The monoisotopic (exact) mass is 343 g/mol.